The Morgan fingerprint density at radius 1 is 1.18 bits per heavy atom. The summed E-state index contributed by atoms with van der Waals surface area (Å²) in [5.74, 6) is -0.610. The van der Waals surface area contributed by atoms with E-state index >= 15 is 0 Å². The predicted octanol–water partition coefficient (Wildman–Crippen LogP) is 4.10. The molecule has 6 heteroatoms. The van der Waals surface area contributed by atoms with Gasteiger partial charge in [0.05, 0.1) is 5.69 Å². The third-order valence-corrected chi connectivity index (χ3v) is 5.06. The topological polar surface area (TPSA) is 62.7 Å². The zero-order valence-electron chi connectivity index (χ0n) is 16.6. The molecule has 3 rings (SSSR count). The average molecular weight is 386 g/mol. The Balaban J connectivity index is 1.85. The van der Waals surface area contributed by atoms with Crippen LogP contribution in [0.4, 0.5) is 9.18 Å². The van der Waals surface area contributed by atoms with E-state index in [9.17, 15) is 14.3 Å². The molecule has 0 bridgehead atoms. The summed E-state index contributed by atoms with van der Waals surface area (Å²) in [6.07, 6.45) is 2.39. The van der Waals surface area contributed by atoms with Crippen LogP contribution in [0.3, 0.4) is 0 Å². The van der Waals surface area contributed by atoms with Gasteiger partial charge in [-0.25, -0.2) is 9.18 Å². The van der Waals surface area contributed by atoms with Crippen molar-refractivity contribution < 1.29 is 19.0 Å². The van der Waals surface area contributed by atoms with Gasteiger partial charge < -0.3 is 14.7 Å². The van der Waals surface area contributed by atoms with Crippen molar-refractivity contribution in [1.29, 1.82) is 0 Å². The molecule has 1 atom stereocenters. The van der Waals surface area contributed by atoms with Crippen LogP contribution in [0.15, 0.2) is 48.7 Å². The van der Waals surface area contributed by atoms with Gasteiger partial charge in [-0.15, -0.1) is 0 Å². The van der Waals surface area contributed by atoms with Crippen molar-refractivity contribution in [1.82, 2.24) is 9.88 Å². The Morgan fingerprint density at radius 2 is 1.89 bits per heavy atom. The van der Waals surface area contributed by atoms with E-state index in [1.807, 2.05) is 26.8 Å². The van der Waals surface area contributed by atoms with Crippen LogP contribution in [0.5, 0.6) is 0 Å². The zero-order chi connectivity index (χ0) is 20.4. The lowest BCUT2D eigenvalue weighted by molar-refractivity contribution is -0.0262. The van der Waals surface area contributed by atoms with E-state index in [-0.39, 0.29) is 12.0 Å². The highest BCUT2D eigenvalue weighted by Gasteiger charge is 2.43. The molecule has 1 amide bonds. The second kappa shape index (κ2) is 7.87. The molecule has 5 nitrogen and oxygen atoms in total. The number of carbonyl (C=O) groups excluding carboxylic acids is 1. The number of ether oxygens (including phenoxy) is 1. The Morgan fingerprint density at radius 3 is 2.46 bits per heavy atom. The number of likely N-dealkylation sites (tertiary alicyclic amines) is 1. The minimum Gasteiger partial charge on any atom is -0.444 e. The Labute approximate surface area is 165 Å². The maximum absolute atomic E-state index is 13.9. The summed E-state index contributed by atoms with van der Waals surface area (Å²) in [6, 6.07) is 11.4. The van der Waals surface area contributed by atoms with Gasteiger partial charge in [-0.2, -0.15) is 0 Å². The molecule has 1 saturated heterocycles. The van der Waals surface area contributed by atoms with Gasteiger partial charge in [-0.05, 0) is 63.4 Å². The van der Waals surface area contributed by atoms with Crippen LogP contribution < -0.4 is 0 Å². The molecule has 2 heterocycles. The van der Waals surface area contributed by atoms with Crippen molar-refractivity contribution in [2.45, 2.75) is 44.8 Å². The third-order valence-electron chi connectivity index (χ3n) is 5.06. The van der Waals surface area contributed by atoms with Gasteiger partial charge in [-0.1, -0.05) is 18.2 Å². The molecule has 28 heavy (non-hydrogen) atoms. The van der Waals surface area contributed by atoms with Gasteiger partial charge in [0.1, 0.15) is 17.0 Å². The Kier molecular flexibility index (Phi) is 5.70. The third kappa shape index (κ3) is 4.33. The van der Waals surface area contributed by atoms with E-state index in [0.29, 0.717) is 37.2 Å². The summed E-state index contributed by atoms with van der Waals surface area (Å²) in [6.45, 7) is 6.43. The van der Waals surface area contributed by atoms with E-state index in [0.717, 1.165) is 0 Å². The lowest BCUT2D eigenvalue weighted by Gasteiger charge is -2.41. The smallest absolute Gasteiger partial charge is 0.410 e. The standard InChI is InChI=1S/C22H27FN2O3/c1-21(2,3)28-20(26)25-13-10-16(11-14-25)22(27,19-9-4-5-12-24-19)17-7-6-8-18(23)15-17/h4-9,12,15-16,27H,10-11,13-14H2,1-3H3. The molecule has 2 aromatic rings. The number of nitrogens with zero attached hydrogens (tertiary/aromatic N) is 2. The van der Waals surface area contributed by atoms with Crippen LogP contribution in [0.25, 0.3) is 0 Å². The van der Waals surface area contributed by atoms with Crippen LogP contribution in [0.2, 0.25) is 0 Å². The van der Waals surface area contributed by atoms with E-state index in [1.165, 1.54) is 12.1 Å². The first-order valence-electron chi connectivity index (χ1n) is 9.58. The summed E-state index contributed by atoms with van der Waals surface area (Å²) in [5.41, 5.74) is -1.02. The van der Waals surface area contributed by atoms with Crippen LogP contribution >= 0.6 is 0 Å². The monoisotopic (exact) mass is 386 g/mol. The quantitative estimate of drug-likeness (QED) is 0.863. The lowest BCUT2D eigenvalue weighted by Crippen LogP contribution is -2.47. The Bertz CT molecular complexity index is 814. The molecule has 1 aliphatic heterocycles. The lowest BCUT2D eigenvalue weighted by atomic mass is 9.74. The first-order valence-corrected chi connectivity index (χ1v) is 9.58. The molecule has 1 aromatic heterocycles. The van der Waals surface area contributed by atoms with Crippen molar-refractivity contribution in [2.24, 2.45) is 5.92 Å². The van der Waals surface area contributed by atoms with Gasteiger partial charge >= 0.3 is 6.09 Å². The minimum atomic E-state index is -1.43. The molecule has 1 unspecified atom stereocenters. The fourth-order valence-electron chi connectivity index (χ4n) is 3.71. The number of halogens is 1. The Hall–Kier alpha value is -2.47. The second-order valence-electron chi connectivity index (χ2n) is 8.23. The largest absolute Gasteiger partial charge is 0.444 e. The average Bonchev–Trinajstić information content (AvgIpc) is 2.67. The highest BCUT2D eigenvalue weighted by molar-refractivity contribution is 5.68. The zero-order valence-corrected chi connectivity index (χ0v) is 16.6. The maximum atomic E-state index is 13.9. The first kappa shape index (κ1) is 20.3. The summed E-state index contributed by atoms with van der Waals surface area (Å²) in [5, 5.41) is 11.8. The number of aliphatic hydroxyl groups is 1. The summed E-state index contributed by atoms with van der Waals surface area (Å²) >= 11 is 0. The van der Waals surface area contributed by atoms with E-state index in [4.69, 9.17) is 4.74 Å². The van der Waals surface area contributed by atoms with Crippen LogP contribution in [0, 0.1) is 11.7 Å². The summed E-state index contributed by atoms with van der Waals surface area (Å²) in [7, 11) is 0. The fraction of sp³-hybridized carbons (Fsp3) is 0.455. The molecule has 0 spiro atoms. The van der Waals surface area contributed by atoms with Gasteiger partial charge in [0.15, 0.2) is 0 Å². The molecular formula is C22H27FN2O3. The second-order valence-corrected chi connectivity index (χ2v) is 8.23. The number of carbonyl (C=O) groups is 1. The maximum Gasteiger partial charge on any atom is 0.410 e. The van der Waals surface area contributed by atoms with Gasteiger partial charge in [0, 0.05) is 25.2 Å². The van der Waals surface area contributed by atoms with Crippen LogP contribution in [-0.4, -0.2) is 39.8 Å². The highest BCUT2D eigenvalue weighted by Crippen LogP contribution is 2.41. The molecule has 1 aromatic carbocycles. The molecule has 0 radical (unpaired) electrons. The highest BCUT2D eigenvalue weighted by atomic mass is 19.1. The molecule has 1 N–H and O–H groups in total. The van der Waals surface area contributed by atoms with E-state index in [1.54, 1.807) is 35.4 Å². The van der Waals surface area contributed by atoms with E-state index < -0.39 is 17.0 Å². The predicted molar refractivity (Wildman–Crippen MR) is 104 cm³/mol. The molecule has 0 aliphatic carbocycles. The molecule has 1 aliphatic rings. The van der Waals surface area contributed by atoms with E-state index in [2.05, 4.69) is 4.98 Å². The molecular weight excluding hydrogens is 359 g/mol. The molecule has 0 saturated carbocycles. The SMILES string of the molecule is CC(C)(C)OC(=O)N1CCC(C(O)(c2cccc(F)c2)c2ccccn2)CC1. The van der Waals surface area contributed by atoms with Crippen LogP contribution in [-0.2, 0) is 10.3 Å². The molecule has 150 valence electrons. The summed E-state index contributed by atoms with van der Waals surface area (Å²) < 4.78 is 19.4. The number of piperidine rings is 1. The van der Waals surface area contributed by atoms with Gasteiger partial charge in [0.2, 0.25) is 0 Å². The number of pyridine rings is 1. The van der Waals surface area contributed by atoms with Crippen molar-refractivity contribution >= 4 is 6.09 Å². The number of rotatable bonds is 3. The van der Waals surface area contributed by atoms with Crippen molar-refractivity contribution in [3.8, 4) is 0 Å². The molecule has 1 fully saturated rings. The number of hydrogen-bond acceptors (Lipinski definition) is 4. The van der Waals surface area contributed by atoms with Gasteiger partial charge in [-0.3, -0.25) is 4.98 Å². The number of benzene rings is 1. The fourth-order valence-corrected chi connectivity index (χ4v) is 3.71. The summed E-state index contributed by atoms with van der Waals surface area (Å²) in [4.78, 5) is 18.3. The number of aromatic nitrogens is 1. The van der Waals surface area contributed by atoms with Crippen molar-refractivity contribution in [3.63, 3.8) is 0 Å². The van der Waals surface area contributed by atoms with Crippen LogP contribution in [0.1, 0.15) is 44.9 Å². The minimum absolute atomic E-state index is 0.206. The van der Waals surface area contributed by atoms with Gasteiger partial charge in [0.25, 0.3) is 0 Å². The normalized spacial score (nSPS) is 17.8. The number of hydrogen-bond donors (Lipinski definition) is 1. The first-order chi connectivity index (χ1) is 13.2. The van der Waals surface area contributed by atoms with Crippen molar-refractivity contribution in [2.75, 3.05) is 13.1 Å². The van der Waals surface area contributed by atoms with Crippen molar-refractivity contribution in [3.05, 3.63) is 65.7 Å². The number of amides is 1.